The van der Waals surface area contributed by atoms with Crippen LogP contribution in [-0.4, -0.2) is 24.5 Å². The second kappa shape index (κ2) is 9.04. The minimum absolute atomic E-state index is 0.199. The Morgan fingerprint density at radius 1 is 1.09 bits per heavy atom. The Balaban J connectivity index is 1.68. The van der Waals surface area contributed by atoms with Crippen molar-refractivity contribution >= 4 is 15.9 Å². The third-order valence-electron chi connectivity index (χ3n) is 4.80. The van der Waals surface area contributed by atoms with Crippen molar-refractivity contribution in [2.45, 2.75) is 40.2 Å². The third kappa shape index (κ3) is 4.47. The van der Waals surface area contributed by atoms with Gasteiger partial charge in [-0.3, -0.25) is 14.3 Å². The lowest BCUT2D eigenvalue weighted by Crippen LogP contribution is -2.22. The lowest BCUT2D eigenvalue weighted by Gasteiger charge is -2.15. The van der Waals surface area contributed by atoms with Gasteiger partial charge in [-0.25, -0.2) is 15.0 Å². The van der Waals surface area contributed by atoms with Crippen LogP contribution in [0, 0.1) is 13.8 Å². The topological polar surface area (TPSA) is 95.9 Å². The van der Waals surface area contributed by atoms with E-state index in [0.29, 0.717) is 44.6 Å². The van der Waals surface area contributed by atoms with Crippen molar-refractivity contribution in [1.82, 2.24) is 24.5 Å². The number of halogens is 1. The standard InChI is InChI=1S/C23H22BrN5O3/c1-13(2)22-26-8-6-18(28-22)19-10-17(5-7-25-19)29-14(3)9-20(21(24)23(29)30)32-12-16-11-31-15(4)27-16/h5-11,13H,12H2,1-4H3. The summed E-state index contributed by atoms with van der Waals surface area (Å²) < 4.78 is 12.9. The highest BCUT2D eigenvalue weighted by Crippen LogP contribution is 2.26. The maximum absolute atomic E-state index is 13.2. The van der Waals surface area contributed by atoms with Gasteiger partial charge < -0.3 is 9.15 Å². The van der Waals surface area contributed by atoms with E-state index >= 15 is 0 Å². The second-order valence-electron chi connectivity index (χ2n) is 7.61. The van der Waals surface area contributed by atoms with Crippen LogP contribution in [0.2, 0.25) is 0 Å². The zero-order valence-electron chi connectivity index (χ0n) is 18.2. The molecule has 0 N–H and O–H groups in total. The van der Waals surface area contributed by atoms with Gasteiger partial charge in [-0.1, -0.05) is 13.8 Å². The summed E-state index contributed by atoms with van der Waals surface area (Å²) in [6.07, 6.45) is 4.93. The van der Waals surface area contributed by atoms with Crippen molar-refractivity contribution < 1.29 is 9.15 Å². The molecule has 8 nitrogen and oxygen atoms in total. The number of hydrogen-bond acceptors (Lipinski definition) is 7. The molecule has 0 fully saturated rings. The van der Waals surface area contributed by atoms with Crippen molar-refractivity contribution in [2.75, 3.05) is 0 Å². The molecule has 0 unspecified atom stereocenters. The predicted octanol–water partition coefficient (Wildman–Crippen LogP) is 4.76. The van der Waals surface area contributed by atoms with Crippen molar-refractivity contribution in [2.24, 2.45) is 0 Å². The molecule has 32 heavy (non-hydrogen) atoms. The lowest BCUT2D eigenvalue weighted by atomic mass is 10.2. The molecule has 0 aromatic carbocycles. The van der Waals surface area contributed by atoms with Crippen LogP contribution >= 0.6 is 15.9 Å². The smallest absolute Gasteiger partial charge is 0.273 e. The van der Waals surface area contributed by atoms with Crippen LogP contribution < -0.4 is 10.3 Å². The van der Waals surface area contributed by atoms with E-state index < -0.39 is 0 Å². The average Bonchev–Trinajstić information content (AvgIpc) is 3.20. The van der Waals surface area contributed by atoms with E-state index in [9.17, 15) is 4.79 Å². The minimum Gasteiger partial charge on any atom is -0.486 e. The fourth-order valence-corrected chi connectivity index (χ4v) is 3.63. The normalized spacial score (nSPS) is 11.2. The summed E-state index contributed by atoms with van der Waals surface area (Å²) in [6, 6.07) is 7.24. The number of ether oxygens (including phenoxy) is 1. The third-order valence-corrected chi connectivity index (χ3v) is 5.53. The molecule has 164 valence electrons. The van der Waals surface area contributed by atoms with Crippen LogP contribution in [0.5, 0.6) is 5.75 Å². The average molecular weight is 496 g/mol. The monoisotopic (exact) mass is 495 g/mol. The molecule has 0 bridgehead atoms. The molecule has 0 aliphatic heterocycles. The van der Waals surface area contributed by atoms with Crippen molar-refractivity contribution in [3.8, 4) is 22.8 Å². The molecule has 4 rings (SSSR count). The Labute approximate surface area is 193 Å². The molecule has 9 heteroatoms. The maximum Gasteiger partial charge on any atom is 0.273 e. The number of aryl methyl sites for hydroxylation is 2. The second-order valence-corrected chi connectivity index (χ2v) is 8.40. The number of oxazole rings is 1. The number of hydrogen-bond donors (Lipinski definition) is 0. The Bertz CT molecular complexity index is 1330. The molecular weight excluding hydrogens is 474 g/mol. The number of nitrogens with zero attached hydrogens (tertiary/aromatic N) is 5. The summed E-state index contributed by atoms with van der Waals surface area (Å²) in [5.41, 5.74) is 3.18. The highest BCUT2D eigenvalue weighted by Gasteiger charge is 2.15. The number of aromatic nitrogens is 5. The lowest BCUT2D eigenvalue weighted by molar-refractivity contribution is 0.297. The fraction of sp³-hybridized carbons (Fsp3) is 0.261. The van der Waals surface area contributed by atoms with Crippen LogP contribution in [0.1, 0.15) is 42.9 Å². The summed E-state index contributed by atoms with van der Waals surface area (Å²) in [5.74, 6) is 1.95. The van der Waals surface area contributed by atoms with Gasteiger partial charge in [0.1, 0.15) is 34.6 Å². The first-order valence-corrected chi connectivity index (χ1v) is 10.9. The minimum atomic E-state index is -0.237. The quantitative estimate of drug-likeness (QED) is 0.380. The molecule has 4 heterocycles. The van der Waals surface area contributed by atoms with Crippen LogP contribution in [-0.2, 0) is 6.61 Å². The number of pyridine rings is 2. The van der Waals surface area contributed by atoms with Crippen molar-refractivity contribution in [1.29, 1.82) is 0 Å². The molecule has 0 aliphatic carbocycles. The van der Waals surface area contributed by atoms with E-state index in [1.165, 1.54) is 6.26 Å². The van der Waals surface area contributed by atoms with E-state index in [2.05, 4.69) is 35.9 Å². The molecule has 0 aliphatic rings. The van der Waals surface area contributed by atoms with Gasteiger partial charge in [0.2, 0.25) is 0 Å². The van der Waals surface area contributed by atoms with Crippen LogP contribution in [0.4, 0.5) is 0 Å². The highest BCUT2D eigenvalue weighted by atomic mass is 79.9. The summed E-state index contributed by atoms with van der Waals surface area (Å²) in [7, 11) is 0. The molecule has 4 aromatic heterocycles. The maximum atomic E-state index is 13.2. The van der Waals surface area contributed by atoms with Crippen LogP contribution in [0.25, 0.3) is 17.1 Å². The van der Waals surface area contributed by atoms with E-state index in [0.717, 1.165) is 5.82 Å². The van der Waals surface area contributed by atoms with Gasteiger partial charge in [-0.2, -0.15) is 0 Å². The summed E-state index contributed by atoms with van der Waals surface area (Å²) in [5, 5.41) is 0. The zero-order chi connectivity index (χ0) is 22.8. The van der Waals surface area contributed by atoms with Crippen LogP contribution in [0.3, 0.4) is 0 Å². The van der Waals surface area contributed by atoms with E-state index in [1.54, 1.807) is 36.0 Å². The molecule has 0 saturated heterocycles. The van der Waals surface area contributed by atoms with Crippen molar-refractivity contribution in [3.63, 3.8) is 0 Å². The first-order chi connectivity index (χ1) is 15.3. The molecule has 4 aromatic rings. The molecule has 0 amide bonds. The zero-order valence-corrected chi connectivity index (χ0v) is 19.8. The SMILES string of the molecule is Cc1nc(COc2cc(C)n(-c3ccnc(-c4ccnc(C(C)C)n4)c3)c(=O)c2Br)co1. The summed E-state index contributed by atoms with van der Waals surface area (Å²) in [4.78, 5) is 30.7. The van der Waals surface area contributed by atoms with E-state index in [-0.39, 0.29) is 18.1 Å². The van der Waals surface area contributed by atoms with Gasteiger partial charge in [0, 0.05) is 37.0 Å². The highest BCUT2D eigenvalue weighted by molar-refractivity contribution is 9.10. The molecule has 0 spiro atoms. The van der Waals surface area contributed by atoms with E-state index in [4.69, 9.17) is 9.15 Å². The summed E-state index contributed by atoms with van der Waals surface area (Å²) in [6.45, 7) is 7.89. The molecule has 0 atom stereocenters. The first-order valence-electron chi connectivity index (χ1n) is 10.1. The Morgan fingerprint density at radius 3 is 2.59 bits per heavy atom. The molecular formula is C23H22BrN5O3. The Hall–Kier alpha value is -3.33. The van der Waals surface area contributed by atoms with Gasteiger partial charge in [-0.05, 0) is 41.1 Å². The summed E-state index contributed by atoms with van der Waals surface area (Å²) >= 11 is 3.39. The van der Waals surface area contributed by atoms with E-state index in [1.807, 2.05) is 32.9 Å². The van der Waals surface area contributed by atoms with Gasteiger partial charge in [0.15, 0.2) is 5.89 Å². The van der Waals surface area contributed by atoms with Gasteiger partial charge in [0.05, 0.1) is 17.1 Å². The number of rotatable bonds is 6. The predicted molar refractivity (Wildman–Crippen MR) is 123 cm³/mol. The Morgan fingerprint density at radius 2 is 1.88 bits per heavy atom. The first kappa shape index (κ1) is 21.9. The molecule has 0 radical (unpaired) electrons. The van der Waals surface area contributed by atoms with Gasteiger partial charge in [-0.15, -0.1) is 0 Å². The Kier molecular flexibility index (Phi) is 6.18. The van der Waals surface area contributed by atoms with Gasteiger partial charge >= 0.3 is 0 Å². The fourth-order valence-electron chi connectivity index (χ4n) is 3.23. The van der Waals surface area contributed by atoms with Crippen molar-refractivity contribution in [3.05, 3.63) is 80.9 Å². The largest absolute Gasteiger partial charge is 0.486 e. The van der Waals surface area contributed by atoms with Crippen LogP contribution in [0.15, 0.2) is 56.6 Å². The molecule has 0 saturated carbocycles. The van der Waals surface area contributed by atoms with Gasteiger partial charge in [0.25, 0.3) is 5.56 Å².